The highest BCUT2D eigenvalue weighted by Gasteiger charge is 2.33. The maximum absolute atomic E-state index is 5.04. The van der Waals surface area contributed by atoms with Gasteiger partial charge in [-0.25, -0.2) is 4.98 Å². The van der Waals surface area contributed by atoms with Gasteiger partial charge in [-0.1, -0.05) is 27.7 Å². The average Bonchev–Trinajstić information content (AvgIpc) is 2.92. The second kappa shape index (κ2) is 6.02. The lowest BCUT2D eigenvalue weighted by Gasteiger charge is -2.27. The highest BCUT2D eigenvalue weighted by molar-refractivity contribution is 7.15. The Bertz CT molecular complexity index is 447. The van der Waals surface area contributed by atoms with Crippen molar-refractivity contribution >= 4 is 16.5 Å². The van der Waals surface area contributed by atoms with E-state index in [0.29, 0.717) is 12.1 Å². The molecule has 0 spiro atoms. The van der Waals surface area contributed by atoms with Crippen LogP contribution in [-0.2, 0) is 12.0 Å². The minimum atomic E-state index is 0.117. The summed E-state index contributed by atoms with van der Waals surface area (Å²) in [6.07, 6.45) is 3.82. The van der Waals surface area contributed by atoms with E-state index >= 15 is 0 Å². The zero-order valence-electron chi connectivity index (χ0n) is 13.8. The van der Waals surface area contributed by atoms with Crippen LogP contribution in [0.15, 0.2) is 0 Å². The van der Waals surface area contributed by atoms with Gasteiger partial charge >= 0.3 is 0 Å². The number of rotatable bonds is 4. The SMILES string of the molecule is CCC1CCC(C)N1c1nc(C(C)(C)C)c(CNC)s1. The van der Waals surface area contributed by atoms with Crippen molar-refractivity contribution < 1.29 is 0 Å². The van der Waals surface area contributed by atoms with Crippen LogP contribution in [0.1, 0.15) is 64.5 Å². The molecule has 0 bridgehead atoms. The Hall–Kier alpha value is -0.610. The molecular formula is C16H29N3S. The monoisotopic (exact) mass is 295 g/mol. The fraction of sp³-hybridized carbons (Fsp3) is 0.812. The van der Waals surface area contributed by atoms with Crippen molar-refractivity contribution in [3.63, 3.8) is 0 Å². The third-order valence-electron chi connectivity index (χ3n) is 4.21. The van der Waals surface area contributed by atoms with Gasteiger partial charge in [0.2, 0.25) is 0 Å². The van der Waals surface area contributed by atoms with Gasteiger partial charge in [0.05, 0.1) is 5.69 Å². The molecule has 1 aliphatic heterocycles. The van der Waals surface area contributed by atoms with Crippen LogP contribution in [0.2, 0.25) is 0 Å². The van der Waals surface area contributed by atoms with E-state index in [4.69, 9.17) is 4.98 Å². The van der Waals surface area contributed by atoms with Gasteiger partial charge in [-0.3, -0.25) is 0 Å². The minimum absolute atomic E-state index is 0.117. The number of thiazole rings is 1. The molecular weight excluding hydrogens is 266 g/mol. The quantitative estimate of drug-likeness (QED) is 0.912. The molecule has 1 fully saturated rings. The molecule has 0 amide bonds. The Morgan fingerprint density at radius 1 is 1.35 bits per heavy atom. The van der Waals surface area contributed by atoms with Gasteiger partial charge in [0, 0.05) is 28.9 Å². The van der Waals surface area contributed by atoms with E-state index in [1.54, 1.807) is 0 Å². The van der Waals surface area contributed by atoms with Crippen LogP contribution in [-0.4, -0.2) is 24.1 Å². The fourth-order valence-corrected chi connectivity index (χ4v) is 4.59. The molecule has 0 radical (unpaired) electrons. The van der Waals surface area contributed by atoms with Gasteiger partial charge in [-0.2, -0.15) is 0 Å². The smallest absolute Gasteiger partial charge is 0.186 e. The Morgan fingerprint density at radius 3 is 2.60 bits per heavy atom. The maximum atomic E-state index is 5.04. The van der Waals surface area contributed by atoms with Crippen LogP contribution >= 0.6 is 11.3 Å². The van der Waals surface area contributed by atoms with Crippen molar-refractivity contribution in [2.24, 2.45) is 0 Å². The summed E-state index contributed by atoms with van der Waals surface area (Å²) in [4.78, 5) is 9.00. The predicted octanol–water partition coefficient (Wildman–Crippen LogP) is 3.93. The van der Waals surface area contributed by atoms with Crippen molar-refractivity contribution in [3.05, 3.63) is 10.6 Å². The summed E-state index contributed by atoms with van der Waals surface area (Å²) >= 11 is 1.88. The van der Waals surface area contributed by atoms with Crippen LogP contribution < -0.4 is 10.2 Å². The molecule has 2 rings (SSSR count). The zero-order chi connectivity index (χ0) is 14.9. The molecule has 2 heterocycles. The van der Waals surface area contributed by atoms with Crippen LogP contribution in [0.3, 0.4) is 0 Å². The van der Waals surface area contributed by atoms with Crippen molar-refractivity contribution in [1.82, 2.24) is 10.3 Å². The fourth-order valence-electron chi connectivity index (χ4n) is 3.13. The molecule has 20 heavy (non-hydrogen) atoms. The van der Waals surface area contributed by atoms with Crippen LogP contribution in [0.4, 0.5) is 5.13 Å². The van der Waals surface area contributed by atoms with E-state index in [1.807, 2.05) is 18.4 Å². The average molecular weight is 295 g/mol. The van der Waals surface area contributed by atoms with Crippen molar-refractivity contribution in [3.8, 4) is 0 Å². The molecule has 0 aliphatic carbocycles. The number of hydrogen-bond acceptors (Lipinski definition) is 4. The van der Waals surface area contributed by atoms with Crippen LogP contribution in [0.5, 0.6) is 0 Å². The highest BCUT2D eigenvalue weighted by Crippen LogP contribution is 2.39. The largest absolute Gasteiger partial charge is 0.342 e. The highest BCUT2D eigenvalue weighted by atomic mass is 32.1. The normalized spacial score (nSPS) is 23.6. The molecule has 0 aromatic carbocycles. The molecule has 1 aliphatic rings. The number of aromatic nitrogens is 1. The second-order valence-corrected chi connectivity index (χ2v) is 8.01. The summed E-state index contributed by atoms with van der Waals surface area (Å²) in [6, 6.07) is 1.30. The third kappa shape index (κ3) is 3.01. The first-order chi connectivity index (χ1) is 9.38. The molecule has 114 valence electrons. The Kier molecular flexibility index (Phi) is 4.75. The molecule has 2 unspecified atom stereocenters. The molecule has 2 atom stereocenters. The van der Waals surface area contributed by atoms with Gasteiger partial charge < -0.3 is 10.2 Å². The van der Waals surface area contributed by atoms with Crippen molar-refractivity contribution in [2.75, 3.05) is 11.9 Å². The van der Waals surface area contributed by atoms with E-state index in [-0.39, 0.29) is 5.41 Å². The summed E-state index contributed by atoms with van der Waals surface area (Å²) in [5.74, 6) is 0. The molecule has 1 saturated heterocycles. The summed E-state index contributed by atoms with van der Waals surface area (Å²) in [7, 11) is 2.01. The Balaban J connectivity index is 2.37. The van der Waals surface area contributed by atoms with Crippen molar-refractivity contribution in [2.45, 2.75) is 77.9 Å². The van der Waals surface area contributed by atoms with Crippen LogP contribution in [0, 0.1) is 0 Å². The molecule has 3 nitrogen and oxygen atoms in total. The van der Waals surface area contributed by atoms with Crippen molar-refractivity contribution in [1.29, 1.82) is 0 Å². The summed E-state index contributed by atoms with van der Waals surface area (Å²) in [5, 5.41) is 4.52. The number of hydrogen-bond donors (Lipinski definition) is 1. The molecule has 0 saturated carbocycles. The summed E-state index contributed by atoms with van der Waals surface area (Å²) in [5.41, 5.74) is 1.38. The van der Waals surface area contributed by atoms with E-state index in [1.165, 1.54) is 35.0 Å². The standard InChI is InChI=1S/C16H29N3S/c1-7-12-9-8-11(2)19(12)15-18-14(16(3,4)5)13(20-15)10-17-6/h11-12,17H,7-10H2,1-6H3. The molecule has 4 heteroatoms. The second-order valence-electron chi connectivity index (χ2n) is 6.94. The zero-order valence-corrected chi connectivity index (χ0v) is 14.6. The number of nitrogens with one attached hydrogen (secondary N) is 1. The minimum Gasteiger partial charge on any atom is -0.342 e. The Labute approximate surface area is 127 Å². The molecule has 1 aromatic rings. The summed E-state index contributed by atoms with van der Waals surface area (Å²) in [6.45, 7) is 12.3. The van der Waals surface area contributed by atoms with E-state index in [9.17, 15) is 0 Å². The molecule has 1 aromatic heterocycles. The number of nitrogens with zero attached hydrogens (tertiary/aromatic N) is 2. The van der Waals surface area contributed by atoms with Gasteiger partial charge in [-0.15, -0.1) is 11.3 Å². The van der Waals surface area contributed by atoms with Gasteiger partial charge in [0.25, 0.3) is 0 Å². The lowest BCUT2D eigenvalue weighted by Crippen LogP contribution is -2.34. The van der Waals surface area contributed by atoms with Gasteiger partial charge in [0.15, 0.2) is 5.13 Å². The lowest BCUT2D eigenvalue weighted by atomic mass is 9.91. The van der Waals surface area contributed by atoms with E-state index in [2.05, 4.69) is 44.8 Å². The van der Waals surface area contributed by atoms with Gasteiger partial charge in [-0.05, 0) is 33.2 Å². The van der Waals surface area contributed by atoms with Gasteiger partial charge in [0.1, 0.15) is 0 Å². The van der Waals surface area contributed by atoms with E-state index in [0.717, 1.165) is 6.54 Å². The number of anilines is 1. The Morgan fingerprint density at radius 2 is 2.05 bits per heavy atom. The van der Waals surface area contributed by atoms with Crippen LogP contribution in [0.25, 0.3) is 0 Å². The lowest BCUT2D eigenvalue weighted by molar-refractivity contribution is 0.559. The van der Waals surface area contributed by atoms with E-state index < -0.39 is 0 Å². The first-order valence-electron chi connectivity index (χ1n) is 7.81. The first kappa shape index (κ1) is 15.8. The topological polar surface area (TPSA) is 28.2 Å². The molecule has 1 N–H and O–H groups in total. The summed E-state index contributed by atoms with van der Waals surface area (Å²) < 4.78 is 0. The predicted molar refractivity (Wildman–Crippen MR) is 88.8 cm³/mol. The third-order valence-corrected chi connectivity index (χ3v) is 5.28. The maximum Gasteiger partial charge on any atom is 0.186 e. The first-order valence-corrected chi connectivity index (χ1v) is 8.63.